The predicted octanol–water partition coefficient (Wildman–Crippen LogP) is 2.57. The zero-order chi connectivity index (χ0) is 11.4. The summed E-state index contributed by atoms with van der Waals surface area (Å²) in [7, 11) is 2.05. The van der Waals surface area contributed by atoms with Gasteiger partial charge in [-0.05, 0) is 25.3 Å². The van der Waals surface area contributed by atoms with Crippen molar-refractivity contribution in [3.05, 3.63) is 16.3 Å². The monoisotopic (exact) mass is 239 g/mol. The molecule has 88 valence electrons. The van der Waals surface area contributed by atoms with Gasteiger partial charge in [-0.2, -0.15) is 0 Å². The summed E-state index contributed by atoms with van der Waals surface area (Å²) in [6.45, 7) is 1.80. The Kier molecular flexibility index (Phi) is 3.96. The van der Waals surface area contributed by atoms with Crippen LogP contribution in [0, 0.1) is 0 Å². The van der Waals surface area contributed by atoms with Crippen LogP contribution in [0.3, 0.4) is 0 Å². The minimum atomic E-state index is 0.346. The number of hydrogen-bond donors (Lipinski definition) is 0. The van der Waals surface area contributed by atoms with Crippen LogP contribution in [-0.4, -0.2) is 32.6 Å². The second kappa shape index (κ2) is 5.46. The molecule has 2 heterocycles. The number of thiophene rings is 1. The van der Waals surface area contributed by atoms with Gasteiger partial charge in [0, 0.05) is 31.3 Å². The number of ether oxygens (including phenoxy) is 1. The number of hydrogen-bond acceptors (Lipinski definition) is 4. The SMILES string of the molecule is CN(CC1CCCCO1)c1csc(C=O)c1. The van der Waals surface area contributed by atoms with Crippen LogP contribution in [0.15, 0.2) is 11.4 Å². The molecule has 1 aliphatic rings. The van der Waals surface area contributed by atoms with E-state index in [-0.39, 0.29) is 0 Å². The van der Waals surface area contributed by atoms with E-state index in [0.29, 0.717) is 6.10 Å². The maximum atomic E-state index is 10.6. The standard InChI is InChI=1S/C12H17NO2S/c1-13(7-11-4-2-3-5-15-11)10-6-12(8-14)16-9-10/h6,8-9,11H,2-5,7H2,1H3. The van der Waals surface area contributed by atoms with Crippen molar-refractivity contribution in [2.75, 3.05) is 25.1 Å². The molecule has 4 heteroatoms. The van der Waals surface area contributed by atoms with Gasteiger partial charge in [0.1, 0.15) is 0 Å². The third-order valence-electron chi connectivity index (χ3n) is 2.91. The molecule has 3 nitrogen and oxygen atoms in total. The number of rotatable bonds is 4. The Hall–Kier alpha value is -0.870. The highest BCUT2D eigenvalue weighted by Gasteiger charge is 2.16. The van der Waals surface area contributed by atoms with Crippen LogP contribution in [-0.2, 0) is 4.74 Å². The van der Waals surface area contributed by atoms with Crippen LogP contribution >= 0.6 is 11.3 Å². The van der Waals surface area contributed by atoms with Gasteiger partial charge >= 0.3 is 0 Å². The predicted molar refractivity (Wildman–Crippen MR) is 66.6 cm³/mol. The summed E-state index contributed by atoms with van der Waals surface area (Å²) < 4.78 is 5.70. The molecule has 0 radical (unpaired) electrons. The fourth-order valence-electron chi connectivity index (χ4n) is 1.97. The van der Waals surface area contributed by atoms with E-state index < -0.39 is 0 Å². The lowest BCUT2D eigenvalue weighted by molar-refractivity contribution is 0.0216. The first-order chi connectivity index (χ1) is 7.79. The Morgan fingerprint density at radius 1 is 1.62 bits per heavy atom. The molecule has 0 amide bonds. The zero-order valence-corrected chi connectivity index (χ0v) is 10.3. The minimum absolute atomic E-state index is 0.346. The lowest BCUT2D eigenvalue weighted by Crippen LogP contribution is -2.33. The van der Waals surface area contributed by atoms with E-state index in [0.717, 1.165) is 36.4 Å². The lowest BCUT2D eigenvalue weighted by atomic mass is 10.1. The van der Waals surface area contributed by atoms with E-state index >= 15 is 0 Å². The molecule has 0 aliphatic carbocycles. The largest absolute Gasteiger partial charge is 0.376 e. The molecule has 1 saturated heterocycles. The molecular weight excluding hydrogens is 222 g/mol. The molecule has 1 aromatic heterocycles. The van der Waals surface area contributed by atoms with E-state index in [4.69, 9.17) is 4.74 Å². The van der Waals surface area contributed by atoms with Gasteiger partial charge in [0.25, 0.3) is 0 Å². The summed E-state index contributed by atoms with van der Waals surface area (Å²) in [5.74, 6) is 0. The van der Waals surface area contributed by atoms with E-state index in [1.807, 2.05) is 11.4 Å². The molecule has 1 atom stereocenters. The van der Waals surface area contributed by atoms with E-state index in [2.05, 4.69) is 11.9 Å². The van der Waals surface area contributed by atoms with Crippen LogP contribution in [0.5, 0.6) is 0 Å². The second-order valence-corrected chi connectivity index (χ2v) is 5.14. The summed E-state index contributed by atoms with van der Waals surface area (Å²) in [6, 6.07) is 1.93. The van der Waals surface area contributed by atoms with Gasteiger partial charge < -0.3 is 9.64 Å². The highest BCUT2D eigenvalue weighted by atomic mass is 32.1. The Bertz CT molecular complexity index is 345. The number of carbonyl (C=O) groups is 1. The molecule has 0 N–H and O–H groups in total. The molecule has 0 aromatic carbocycles. The summed E-state index contributed by atoms with van der Waals surface area (Å²) in [6.07, 6.45) is 4.85. The van der Waals surface area contributed by atoms with Crippen molar-refractivity contribution in [3.8, 4) is 0 Å². The molecule has 0 saturated carbocycles. The van der Waals surface area contributed by atoms with Gasteiger partial charge in [-0.15, -0.1) is 11.3 Å². The van der Waals surface area contributed by atoms with Gasteiger partial charge in [-0.25, -0.2) is 0 Å². The van der Waals surface area contributed by atoms with Gasteiger partial charge in [0.05, 0.1) is 11.0 Å². The third-order valence-corrected chi connectivity index (χ3v) is 3.76. The average molecular weight is 239 g/mol. The smallest absolute Gasteiger partial charge is 0.160 e. The first-order valence-corrected chi connectivity index (χ1v) is 6.54. The number of anilines is 1. The Morgan fingerprint density at radius 3 is 3.12 bits per heavy atom. The van der Waals surface area contributed by atoms with Gasteiger partial charge in [0.2, 0.25) is 0 Å². The maximum Gasteiger partial charge on any atom is 0.160 e. The van der Waals surface area contributed by atoms with Crippen molar-refractivity contribution in [1.29, 1.82) is 0 Å². The molecule has 2 rings (SSSR count). The number of aldehydes is 1. The van der Waals surface area contributed by atoms with Crippen LogP contribution in [0.4, 0.5) is 5.69 Å². The van der Waals surface area contributed by atoms with E-state index in [9.17, 15) is 4.79 Å². The van der Waals surface area contributed by atoms with Crippen molar-refractivity contribution >= 4 is 23.3 Å². The fraction of sp³-hybridized carbons (Fsp3) is 0.583. The zero-order valence-electron chi connectivity index (χ0n) is 9.52. The molecule has 16 heavy (non-hydrogen) atoms. The minimum Gasteiger partial charge on any atom is -0.376 e. The number of nitrogens with zero attached hydrogens (tertiary/aromatic N) is 1. The van der Waals surface area contributed by atoms with Crippen LogP contribution in [0.2, 0.25) is 0 Å². The normalized spacial score (nSPS) is 20.7. The molecule has 1 unspecified atom stereocenters. The highest BCUT2D eigenvalue weighted by Crippen LogP contribution is 2.22. The molecular formula is C12H17NO2S. The highest BCUT2D eigenvalue weighted by molar-refractivity contribution is 7.12. The van der Waals surface area contributed by atoms with Gasteiger partial charge in [-0.1, -0.05) is 0 Å². The maximum absolute atomic E-state index is 10.6. The van der Waals surface area contributed by atoms with Crippen molar-refractivity contribution in [2.45, 2.75) is 25.4 Å². The van der Waals surface area contributed by atoms with Crippen LogP contribution < -0.4 is 4.90 Å². The first kappa shape index (κ1) is 11.6. The van der Waals surface area contributed by atoms with Crippen molar-refractivity contribution < 1.29 is 9.53 Å². The van der Waals surface area contributed by atoms with Crippen molar-refractivity contribution in [1.82, 2.24) is 0 Å². The lowest BCUT2D eigenvalue weighted by Gasteiger charge is -2.28. The summed E-state index contributed by atoms with van der Waals surface area (Å²) in [5.41, 5.74) is 1.11. The number of likely N-dealkylation sites (N-methyl/N-ethyl adjacent to an activating group) is 1. The van der Waals surface area contributed by atoms with Crippen LogP contribution in [0.1, 0.15) is 28.9 Å². The van der Waals surface area contributed by atoms with Crippen LogP contribution in [0.25, 0.3) is 0 Å². The van der Waals surface area contributed by atoms with E-state index in [1.54, 1.807) is 0 Å². The average Bonchev–Trinajstić information content (AvgIpc) is 2.79. The Balaban J connectivity index is 1.90. The summed E-state index contributed by atoms with van der Waals surface area (Å²) in [4.78, 5) is 13.5. The summed E-state index contributed by atoms with van der Waals surface area (Å²) >= 11 is 1.49. The van der Waals surface area contributed by atoms with E-state index in [1.165, 1.54) is 24.2 Å². The van der Waals surface area contributed by atoms with Crippen molar-refractivity contribution in [3.63, 3.8) is 0 Å². The van der Waals surface area contributed by atoms with Gasteiger partial charge in [0.15, 0.2) is 6.29 Å². The Labute approximate surface area is 100 Å². The summed E-state index contributed by atoms with van der Waals surface area (Å²) in [5, 5.41) is 2.02. The van der Waals surface area contributed by atoms with Gasteiger partial charge in [-0.3, -0.25) is 4.79 Å². The topological polar surface area (TPSA) is 29.5 Å². The Morgan fingerprint density at radius 2 is 2.50 bits per heavy atom. The molecule has 1 aliphatic heterocycles. The fourth-order valence-corrected chi connectivity index (χ4v) is 2.72. The first-order valence-electron chi connectivity index (χ1n) is 5.66. The molecule has 0 bridgehead atoms. The molecule has 0 spiro atoms. The second-order valence-electron chi connectivity index (χ2n) is 4.19. The molecule has 1 aromatic rings. The number of carbonyl (C=O) groups excluding carboxylic acids is 1. The quantitative estimate of drug-likeness (QED) is 0.756. The third kappa shape index (κ3) is 2.83. The molecule has 1 fully saturated rings. The van der Waals surface area contributed by atoms with Crippen molar-refractivity contribution in [2.24, 2.45) is 0 Å².